The van der Waals surface area contributed by atoms with Crippen molar-refractivity contribution in [1.29, 1.82) is 0 Å². The molecule has 1 aliphatic rings. The van der Waals surface area contributed by atoms with Gasteiger partial charge in [-0.2, -0.15) is 0 Å². The van der Waals surface area contributed by atoms with Crippen molar-refractivity contribution in [1.82, 2.24) is 10.2 Å². The minimum Gasteiger partial charge on any atom is -0.383 e. The van der Waals surface area contributed by atoms with Crippen molar-refractivity contribution in [3.8, 4) is 0 Å². The Morgan fingerprint density at radius 1 is 1.33 bits per heavy atom. The Bertz CT molecular complexity index is 576. The summed E-state index contributed by atoms with van der Waals surface area (Å²) in [6, 6.07) is 4.89. The van der Waals surface area contributed by atoms with Crippen LogP contribution in [0.4, 0.5) is 5.69 Å². The normalized spacial score (nSPS) is 14.5. The maximum absolute atomic E-state index is 12.4. The van der Waals surface area contributed by atoms with Gasteiger partial charge in [0.05, 0.1) is 37.0 Å². The van der Waals surface area contributed by atoms with Gasteiger partial charge in [-0.05, 0) is 18.2 Å². The van der Waals surface area contributed by atoms with E-state index in [4.69, 9.17) is 21.1 Å². The van der Waals surface area contributed by atoms with Crippen LogP contribution in [0.5, 0.6) is 0 Å². The van der Waals surface area contributed by atoms with Crippen LogP contribution in [0.1, 0.15) is 10.4 Å². The second kappa shape index (κ2) is 9.58. The van der Waals surface area contributed by atoms with Gasteiger partial charge in [-0.25, -0.2) is 0 Å². The Kier molecular flexibility index (Phi) is 7.45. The number of carbonyl (C=O) groups is 2. The molecule has 0 saturated carbocycles. The van der Waals surface area contributed by atoms with Crippen LogP contribution >= 0.6 is 11.6 Å². The van der Waals surface area contributed by atoms with Crippen LogP contribution in [0.25, 0.3) is 0 Å². The zero-order valence-corrected chi connectivity index (χ0v) is 14.4. The first-order valence-electron chi connectivity index (χ1n) is 7.78. The summed E-state index contributed by atoms with van der Waals surface area (Å²) in [6.45, 7) is 3.49. The van der Waals surface area contributed by atoms with Crippen molar-refractivity contribution in [2.24, 2.45) is 0 Å². The summed E-state index contributed by atoms with van der Waals surface area (Å²) < 4.78 is 10.1. The average Bonchev–Trinajstić information content (AvgIpc) is 2.59. The molecule has 0 aliphatic carbocycles. The molecule has 0 radical (unpaired) electrons. The van der Waals surface area contributed by atoms with Crippen molar-refractivity contribution in [3.05, 3.63) is 28.8 Å². The van der Waals surface area contributed by atoms with Crippen LogP contribution in [0.3, 0.4) is 0 Å². The van der Waals surface area contributed by atoms with E-state index in [1.54, 1.807) is 30.2 Å². The summed E-state index contributed by atoms with van der Waals surface area (Å²) >= 11 is 6.21. The van der Waals surface area contributed by atoms with Crippen LogP contribution in [0.2, 0.25) is 5.02 Å². The zero-order valence-electron chi connectivity index (χ0n) is 13.6. The first-order chi connectivity index (χ1) is 11.6. The van der Waals surface area contributed by atoms with Gasteiger partial charge in [-0.15, -0.1) is 0 Å². The van der Waals surface area contributed by atoms with Gasteiger partial charge < -0.3 is 25.0 Å². The number of carbonyl (C=O) groups excluding carboxylic acids is 2. The number of morpholine rings is 1. The second-order valence-corrected chi connectivity index (χ2v) is 5.72. The van der Waals surface area contributed by atoms with Gasteiger partial charge in [-0.1, -0.05) is 11.6 Å². The molecule has 2 N–H and O–H groups in total. The minimum atomic E-state index is -0.186. The van der Waals surface area contributed by atoms with E-state index in [0.717, 1.165) is 0 Å². The molecule has 0 spiro atoms. The lowest BCUT2D eigenvalue weighted by molar-refractivity contribution is -0.115. The quantitative estimate of drug-likeness (QED) is 0.713. The maximum atomic E-state index is 12.4. The lowest BCUT2D eigenvalue weighted by Crippen LogP contribution is -2.40. The fourth-order valence-corrected chi connectivity index (χ4v) is 2.55. The minimum absolute atomic E-state index is 0.123. The Morgan fingerprint density at radius 3 is 2.75 bits per heavy atom. The second-order valence-electron chi connectivity index (χ2n) is 5.32. The number of hydrogen-bond donors (Lipinski definition) is 2. The van der Waals surface area contributed by atoms with Gasteiger partial charge in [0.1, 0.15) is 0 Å². The van der Waals surface area contributed by atoms with Crippen LogP contribution in [0, 0.1) is 0 Å². The molecule has 2 rings (SSSR count). The Balaban J connectivity index is 1.91. The van der Waals surface area contributed by atoms with Gasteiger partial charge in [-0.3, -0.25) is 9.59 Å². The highest BCUT2D eigenvalue weighted by Crippen LogP contribution is 2.22. The summed E-state index contributed by atoms with van der Waals surface area (Å²) in [5, 5.41) is 6.00. The molecule has 1 saturated heterocycles. The van der Waals surface area contributed by atoms with E-state index in [1.165, 1.54) is 0 Å². The van der Waals surface area contributed by atoms with Crippen molar-refractivity contribution in [2.45, 2.75) is 0 Å². The van der Waals surface area contributed by atoms with Crippen molar-refractivity contribution >= 4 is 29.1 Å². The molecule has 7 nitrogen and oxygen atoms in total. The Hall–Kier alpha value is -1.67. The number of benzene rings is 1. The van der Waals surface area contributed by atoms with Crippen molar-refractivity contribution < 1.29 is 19.1 Å². The largest absolute Gasteiger partial charge is 0.383 e. The predicted octanol–water partition coefficient (Wildman–Crippen LogP) is 0.987. The molecule has 8 heteroatoms. The van der Waals surface area contributed by atoms with Gasteiger partial charge >= 0.3 is 0 Å². The van der Waals surface area contributed by atoms with Crippen LogP contribution in [0.15, 0.2) is 18.2 Å². The molecule has 1 fully saturated rings. The number of rotatable bonds is 7. The average molecular weight is 356 g/mol. The molecular formula is C16H22ClN3O4. The summed E-state index contributed by atoms with van der Waals surface area (Å²) in [6.07, 6.45) is 0. The molecule has 2 amide bonds. The number of nitrogens with one attached hydrogen (secondary N) is 2. The molecule has 0 aromatic heterocycles. The number of hydrogen-bond acceptors (Lipinski definition) is 5. The summed E-state index contributed by atoms with van der Waals surface area (Å²) in [5.41, 5.74) is 0.979. The smallest absolute Gasteiger partial charge is 0.255 e. The van der Waals surface area contributed by atoms with Crippen molar-refractivity contribution in [2.75, 3.05) is 58.4 Å². The summed E-state index contributed by atoms with van der Waals surface area (Å²) in [4.78, 5) is 26.0. The highest BCUT2D eigenvalue weighted by atomic mass is 35.5. The summed E-state index contributed by atoms with van der Waals surface area (Å²) in [7, 11) is 1.60. The molecule has 24 heavy (non-hydrogen) atoms. The first-order valence-corrected chi connectivity index (χ1v) is 8.15. The molecule has 0 unspecified atom stereocenters. The highest BCUT2D eigenvalue weighted by molar-refractivity contribution is 6.34. The fourth-order valence-electron chi connectivity index (χ4n) is 2.28. The molecule has 1 heterocycles. The van der Waals surface area contributed by atoms with Gasteiger partial charge in [0.2, 0.25) is 5.91 Å². The maximum Gasteiger partial charge on any atom is 0.255 e. The Morgan fingerprint density at radius 2 is 2.08 bits per heavy atom. The zero-order chi connectivity index (χ0) is 17.4. The molecule has 0 atom stereocenters. The third-order valence-corrected chi connectivity index (χ3v) is 3.86. The monoisotopic (exact) mass is 355 g/mol. The van der Waals surface area contributed by atoms with E-state index in [1.807, 2.05) is 0 Å². The number of methoxy groups -OCH3 is 1. The number of nitrogens with zero attached hydrogens (tertiary/aromatic N) is 1. The van der Waals surface area contributed by atoms with Gasteiger partial charge in [0.25, 0.3) is 5.91 Å². The number of halogens is 1. The standard InChI is InChI=1S/C16H22ClN3O4/c1-23-7-4-18-11-15(21)19-12-2-3-13(14(17)10-12)16(22)20-5-8-24-9-6-20/h2-3,10,18H,4-9,11H2,1H3,(H,19,21). The lowest BCUT2D eigenvalue weighted by atomic mass is 10.1. The van der Waals surface area contributed by atoms with E-state index in [2.05, 4.69) is 10.6 Å². The predicted molar refractivity (Wildman–Crippen MR) is 91.5 cm³/mol. The molecule has 1 aliphatic heterocycles. The van der Waals surface area contributed by atoms with Crippen LogP contribution < -0.4 is 10.6 Å². The molecular weight excluding hydrogens is 334 g/mol. The van der Waals surface area contributed by atoms with E-state index in [9.17, 15) is 9.59 Å². The van der Waals surface area contributed by atoms with E-state index >= 15 is 0 Å². The third kappa shape index (κ3) is 5.45. The molecule has 0 bridgehead atoms. The van der Waals surface area contributed by atoms with E-state index in [0.29, 0.717) is 55.7 Å². The number of amides is 2. The highest BCUT2D eigenvalue weighted by Gasteiger charge is 2.20. The van der Waals surface area contributed by atoms with E-state index in [-0.39, 0.29) is 18.4 Å². The molecule has 1 aromatic carbocycles. The topological polar surface area (TPSA) is 79.9 Å². The fraction of sp³-hybridized carbons (Fsp3) is 0.500. The third-order valence-electron chi connectivity index (χ3n) is 3.55. The summed E-state index contributed by atoms with van der Waals surface area (Å²) in [5.74, 6) is -0.308. The molecule has 1 aromatic rings. The number of ether oxygens (including phenoxy) is 2. The SMILES string of the molecule is COCCNCC(=O)Nc1ccc(C(=O)N2CCOCC2)c(Cl)c1. The molecule has 132 valence electrons. The number of anilines is 1. The van der Waals surface area contributed by atoms with E-state index < -0.39 is 0 Å². The van der Waals surface area contributed by atoms with Crippen LogP contribution in [-0.2, 0) is 14.3 Å². The lowest BCUT2D eigenvalue weighted by Gasteiger charge is -2.27. The van der Waals surface area contributed by atoms with Crippen LogP contribution in [-0.4, -0.2) is 69.8 Å². The Labute approximate surface area is 146 Å². The first kappa shape index (κ1) is 18.7. The van der Waals surface area contributed by atoms with Crippen molar-refractivity contribution in [3.63, 3.8) is 0 Å². The van der Waals surface area contributed by atoms with Gasteiger partial charge in [0.15, 0.2) is 0 Å². The van der Waals surface area contributed by atoms with Gasteiger partial charge in [0, 0.05) is 32.4 Å².